The number of hydrogen-bond donors (Lipinski definition) is 0. The molecule has 9 heteroatoms. The summed E-state index contributed by atoms with van der Waals surface area (Å²) in [5.41, 5.74) is 3.25. The van der Waals surface area contributed by atoms with Crippen molar-refractivity contribution in [2.75, 3.05) is 10.7 Å². The van der Waals surface area contributed by atoms with Crippen LogP contribution in [0.4, 0.5) is 5.69 Å². The molecule has 2 heterocycles. The summed E-state index contributed by atoms with van der Waals surface area (Å²) in [5, 5.41) is 3.38. The largest absolute Gasteiger partial charge is 0.544 e. The summed E-state index contributed by atoms with van der Waals surface area (Å²) in [4.78, 5) is 16.0. The second-order valence-electron chi connectivity index (χ2n) is 15.4. The van der Waals surface area contributed by atoms with Gasteiger partial charge in [-0.05, 0) is 135 Å². The molecule has 4 nitrogen and oxygen atoms in total. The number of anilines is 1. The molecule has 46 heavy (non-hydrogen) atoms. The number of nitrogens with zero attached hydrogens (tertiary/aromatic N) is 1. The molecular weight excluding hydrogens is 754 g/mol. The number of amides is 1. The minimum atomic E-state index is -2.09. The van der Waals surface area contributed by atoms with Gasteiger partial charge in [0.05, 0.1) is 12.1 Å². The standard InChI is InChI=1S/C37H48INO3S2Si2/c1-36(2,3)45(7,8)41-30-18-11-25(12-19-30)33-34(35(40)39(33)29-16-14-28(38)15-17-29)44-24-31(42-46(9,10)37(4,5)6)26-13-20-32-27(23-26)21-22-43-32/h11-23,31,33-34H,24H2,1-10H3/t31-,33+,34+/m0/s1. The van der Waals surface area contributed by atoms with E-state index in [9.17, 15) is 4.79 Å². The molecule has 3 atom stereocenters. The lowest BCUT2D eigenvalue weighted by molar-refractivity contribution is -0.123. The topological polar surface area (TPSA) is 38.8 Å². The van der Waals surface area contributed by atoms with Crippen LogP contribution in [-0.2, 0) is 9.22 Å². The van der Waals surface area contributed by atoms with Gasteiger partial charge in [-0.15, -0.1) is 23.1 Å². The normalized spacial score (nSPS) is 18.5. The molecule has 3 aromatic carbocycles. The van der Waals surface area contributed by atoms with Crippen molar-refractivity contribution in [3.05, 3.63) is 92.9 Å². The van der Waals surface area contributed by atoms with E-state index < -0.39 is 16.6 Å². The molecule has 1 amide bonds. The van der Waals surface area contributed by atoms with Crippen molar-refractivity contribution in [1.82, 2.24) is 0 Å². The Hall–Kier alpha value is -1.64. The Morgan fingerprint density at radius 1 is 0.870 bits per heavy atom. The molecule has 0 radical (unpaired) electrons. The van der Waals surface area contributed by atoms with Crippen LogP contribution in [0, 0.1) is 3.57 Å². The number of hydrogen-bond acceptors (Lipinski definition) is 5. The molecule has 1 aliphatic heterocycles. The molecular formula is C37H48INO3S2Si2. The molecule has 1 saturated heterocycles. The Morgan fingerprint density at radius 2 is 1.50 bits per heavy atom. The Bertz CT molecular complexity index is 1670. The molecule has 4 aromatic rings. The van der Waals surface area contributed by atoms with Crippen LogP contribution in [0.3, 0.4) is 0 Å². The average Bonchev–Trinajstić information content (AvgIpc) is 3.43. The van der Waals surface area contributed by atoms with Gasteiger partial charge in [0, 0.05) is 19.7 Å². The Morgan fingerprint density at radius 3 is 2.11 bits per heavy atom. The van der Waals surface area contributed by atoms with Crippen molar-refractivity contribution in [1.29, 1.82) is 0 Å². The van der Waals surface area contributed by atoms with Crippen molar-refractivity contribution in [2.24, 2.45) is 0 Å². The first kappa shape index (κ1) is 35.7. The second-order valence-corrected chi connectivity index (χ2v) is 28.2. The molecule has 1 aromatic heterocycles. The minimum Gasteiger partial charge on any atom is -0.544 e. The highest BCUT2D eigenvalue weighted by Gasteiger charge is 2.50. The Labute approximate surface area is 300 Å². The molecule has 246 valence electrons. The molecule has 0 N–H and O–H groups in total. The summed E-state index contributed by atoms with van der Waals surface area (Å²) < 4.78 is 16.1. The van der Waals surface area contributed by atoms with E-state index in [4.69, 9.17) is 8.85 Å². The van der Waals surface area contributed by atoms with Gasteiger partial charge in [0.1, 0.15) is 11.0 Å². The summed E-state index contributed by atoms with van der Waals surface area (Å²) in [6, 6.07) is 25.6. The minimum absolute atomic E-state index is 0.0765. The molecule has 5 rings (SSSR count). The lowest BCUT2D eigenvalue weighted by Crippen LogP contribution is -2.58. The number of rotatable bonds is 10. The average molecular weight is 802 g/mol. The number of benzene rings is 3. The number of β-lactam (4-membered cyclic amide) rings is 1. The van der Waals surface area contributed by atoms with E-state index in [0.29, 0.717) is 5.75 Å². The summed E-state index contributed by atoms with van der Waals surface area (Å²) in [6.07, 6.45) is -0.101. The van der Waals surface area contributed by atoms with Gasteiger partial charge >= 0.3 is 0 Å². The first-order valence-corrected chi connectivity index (χ1v) is 24.8. The third-order valence-electron chi connectivity index (χ3n) is 10.1. The highest BCUT2D eigenvalue weighted by Crippen LogP contribution is 2.48. The lowest BCUT2D eigenvalue weighted by Gasteiger charge is -2.48. The van der Waals surface area contributed by atoms with Gasteiger partial charge in [-0.3, -0.25) is 4.79 Å². The third kappa shape index (κ3) is 7.49. The molecule has 0 unspecified atom stereocenters. The number of thioether (sulfide) groups is 1. The Balaban J connectivity index is 1.44. The van der Waals surface area contributed by atoms with Crippen molar-refractivity contribution >= 4 is 84.0 Å². The van der Waals surface area contributed by atoms with E-state index in [0.717, 1.165) is 20.6 Å². The zero-order valence-electron chi connectivity index (χ0n) is 28.8. The molecule has 1 fully saturated rings. The van der Waals surface area contributed by atoms with E-state index in [1.165, 1.54) is 15.6 Å². The maximum atomic E-state index is 14.0. The fraction of sp³-hybridized carbons (Fsp3) is 0.432. The van der Waals surface area contributed by atoms with Gasteiger partial charge in [0.2, 0.25) is 14.2 Å². The number of carbonyl (C=O) groups is 1. The first-order valence-electron chi connectivity index (χ1n) is 16.0. The summed E-state index contributed by atoms with van der Waals surface area (Å²) in [6.45, 7) is 22.8. The fourth-order valence-corrected chi connectivity index (χ4v) is 10.1. The Kier molecular flexibility index (Phi) is 10.3. The predicted octanol–water partition coefficient (Wildman–Crippen LogP) is 11.8. The van der Waals surface area contributed by atoms with Crippen LogP contribution >= 0.6 is 45.7 Å². The molecule has 0 bridgehead atoms. The van der Waals surface area contributed by atoms with Crippen LogP contribution in [0.5, 0.6) is 5.75 Å². The summed E-state index contributed by atoms with van der Waals surface area (Å²) in [7, 11) is -4.06. The molecule has 0 saturated carbocycles. The smallest absolute Gasteiger partial charge is 0.250 e. The van der Waals surface area contributed by atoms with Crippen molar-refractivity contribution < 1.29 is 13.6 Å². The van der Waals surface area contributed by atoms with Gasteiger partial charge in [-0.2, -0.15) is 0 Å². The number of thiophene rings is 1. The second kappa shape index (κ2) is 13.3. The number of halogens is 1. The highest BCUT2D eigenvalue weighted by atomic mass is 127. The highest BCUT2D eigenvalue weighted by molar-refractivity contribution is 14.1. The van der Waals surface area contributed by atoms with Crippen molar-refractivity contribution in [3.63, 3.8) is 0 Å². The summed E-state index contributed by atoms with van der Waals surface area (Å²) in [5.74, 6) is 1.76. The van der Waals surface area contributed by atoms with Crippen LogP contribution in [0.15, 0.2) is 78.2 Å². The van der Waals surface area contributed by atoms with E-state index in [1.54, 1.807) is 23.1 Å². The molecule has 1 aliphatic rings. The molecule has 0 aliphatic carbocycles. The number of carbonyl (C=O) groups excluding carboxylic acids is 1. The first-order chi connectivity index (χ1) is 21.4. The van der Waals surface area contributed by atoms with Crippen molar-refractivity contribution in [2.45, 2.75) is 95.2 Å². The van der Waals surface area contributed by atoms with Gasteiger partial charge in [0.15, 0.2) is 8.32 Å². The monoisotopic (exact) mass is 801 g/mol. The zero-order valence-corrected chi connectivity index (χ0v) is 34.6. The van der Waals surface area contributed by atoms with Crippen molar-refractivity contribution in [3.8, 4) is 5.75 Å². The van der Waals surface area contributed by atoms with Crippen LogP contribution in [-0.4, -0.2) is 33.5 Å². The lowest BCUT2D eigenvalue weighted by atomic mass is 9.92. The van der Waals surface area contributed by atoms with Crippen LogP contribution in [0.2, 0.25) is 36.3 Å². The predicted molar refractivity (Wildman–Crippen MR) is 213 cm³/mol. The zero-order chi connectivity index (χ0) is 33.7. The van der Waals surface area contributed by atoms with Crippen LogP contribution in [0.1, 0.15) is 64.8 Å². The van der Waals surface area contributed by atoms with Crippen LogP contribution < -0.4 is 9.33 Å². The van der Waals surface area contributed by atoms with Crippen LogP contribution in [0.25, 0.3) is 10.1 Å². The van der Waals surface area contributed by atoms with E-state index >= 15 is 0 Å². The van der Waals surface area contributed by atoms with E-state index in [1.807, 2.05) is 4.90 Å². The van der Waals surface area contributed by atoms with E-state index in [-0.39, 0.29) is 33.4 Å². The number of fused-ring (bicyclic) bond motifs is 1. The fourth-order valence-electron chi connectivity index (χ4n) is 5.13. The van der Waals surface area contributed by atoms with E-state index in [2.05, 4.69) is 168 Å². The van der Waals surface area contributed by atoms with Gasteiger partial charge < -0.3 is 13.8 Å². The quantitative estimate of drug-likeness (QED) is 0.0910. The maximum Gasteiger partial charge on any atom is 0.250 e. The third-order valence-corrected chi connectivity index (χ3v) is 21.8. The maximum absolute atomic E-state index is 14.0. The SMILES string of the molecule is CC(C)(C)[Si](C)(C)Oc1ccc([C@@H]2[C@@H](SC[C@H](O[Si](C)(C)C(C)(C)C)c3ccc4sccc4c3)C(=O)N2c2ccc(I)cc2)cc1. The molecule has 0 spiro atoms. The van der Waals surface area contributed by atoms with Gasteiger partial charge in [-0.1, -0.05) is 59.7 Å². The summed E-state index contributed by atoms with van der Waals surface area (Å²) >= 11 is 5.82. The van der Waals surface area contributed by atoms with Gasteiger partial charge in [-0.25, -0.2) is 0 Å². The van der Waals surface area contributed by atoms with Gasteiger partial charge in [0.25, 0.3) is 0 Å².